The molecule has 0 saturated heterocycles. The summed E-state index contributed by atoms with van der Waals surface area (Å²) in [6.07, 6.45) is 1.66. The number of aryl methyl sites for hydroxylation is 1. The van der Waals surface area contributed by atoms with Crippen molar-refractivity contribution in [2.24, 2.45) is 7.05 Å². The number of carboxylic acid groups (broad SMARTS) is 1. The number of rotatable bonds is 3. The molecule has 0 bridgehead atoms. The first-order chi connectivity index (χ1) is 8.56. The number of benzene rings is 1. The summed E-state index contributed by atoms with van der Waals surface area (Å²) in [5, 5.41) is 15.4. The van der Waals surface area contributed by atoms with Crippen LogP contribution in [-0.2, 0) is 7.05 Å². The Labute approximate surface area is 103 Å². The lowest BCUT2D eigenvalue weighted by Crippen LogP contribution is -2.13. The number of carboxylic acids is 1. The Bertz CT molecular complexity index is 604. The van der Waals surface area contributed by atoms with Crippen LogP contribution in [0.25, 0.3) is 0 Å². The SMILES string of the molecule is Cn1ccc(C(=O)Nc2cccc(C(=O)O)c2)n1. The molecule has 2 rings (SSSR count). The average Bonchev–Trinajstić information content (AvgIpc) is 2.76. The van der Waals surface area contributed by atoms with Gasteiger partial charge in [0.25, 0.3) is 5.91 Å². The molecular weight excluding hydrogens is 234 g/mol. The van der Waals surface area contributed by atoms with Crippen molar-refractivity contribution in [3.05, 3.63) is 47.8 Å². The third-order valence-electron chi connectivity index (χ3n) is 2.31. The summed E-state index contributed by atoms with van der Waals surface area (Å²) < 4.78 is 1.52. The fraction of sp³-hybridized carbons (Fsp3) is 0.0833. The van der Waals surface area contributed by atoms with Crippen LogP contribution in [0.15, 0.2) is 36.5 Å². The maximum Gasteiger partial charge on any atom is 0.335 e. The highest BCUT2D eigenvalue weighted by Crippen LogP contribution is 2.11. The van der Waals surface area contributed by atoms with E-state index < -0.39 is 5.97 Å². The average molecular weight is 245 g/mol. The van der Waals surface area contributed by atoms with E-state index in [2.05, 4.69) is 10.4 Å². The minimum atomic E-state index is -1.04. The zero-order chi connectivity index (χ0) is 13.1. The lowest BCUT2D eigenvalue weighted by molar-refractivity contribution is 0.0696. The molecule has 0 aliphatic carbocycles. The van der Waals surface area contributed by atoms with E-state index in [0.717, 1.165) is 0 Å². The van der Waals surface area contributed by atoms with Crippen LogP contribution in [0.5, 0.6) is 0 Å². The number of aromatic nitrogens is 2. The lowest BCUT2D eigenvalue weighted by Gasteiger charge is -2.03. The highest BCUT2D eigenvalue weighted by atomic mass is 16.4. The van der Waals surface area contributed by atoms with Gasteiger partial charge in [0.15, 0.2) is 5.69 Å². The summed E-state index contributed by atoms with van der Waals surface area (Å²) in [5.41, 5.74) is 0.817. The summed E-state index contributed by atoms with van der Waals surface area (Å²) in [5.74, 6) is -1.41. The first-order valence-corrected chi connectivity index (χ1v) is 5.20. The van der Waals surface area contributed by atoms with Gasteiger partial charge in [0.1, 0.15) is 0 Å². The molecule has 2 N–H and O–H groups in total. The molecule has 6 nitrogen and oxygen atoms in total. The lowest BCUT2D eigenvalue weighted by atomic mass is 10.2. The molecule has 2 aromatic rings. The van der Waals surface area contributed by atoms with Crippen molar-refractivity contribution in [3.8, 4) is 0 Å². The highest BCUT2D eigenvalue weighted by Gasteiger charge is 2.10. The summed E-state index contributed by atoms with van der Waals surface area (Å²) in [6, 6.07) is 7.61. The molecule has 92 valence electrons. The standard InChI is InChI=1S/C12H11N3O3/c1-15-6-5-10(14-15)11(16)13-9-4-2-3-8(7-9)12(17)18/h2-7H,1H3,(H,13,16)(H,17,18). The molecule has 0 spiro atoms. The smallest absolute Gasteiger partial charge is 0.335 e. The normalized spacial score (nSPS) is 10.1. The monoisotopic (exact) mass is 245 g/mol. The number of nitrogens with one attached hydrogen (secondary N) is 1. The Morgan fingerprint density at radius 2 is 2.11 bits per heavy atom. The van der Waals surface area contributed by atoms with Crippen molar-refractivity contribution in [1.82, 2.24) is 9.78 Å². The van der Waals surface area contributed by atoms with E-state index >= 15 is 0 Å². The molecule has 0 fully saturated rings. The van der Waals surface area contributed by atoms with E-state index in [1.165, 1.54) is 16.8 Å². The van der Waals surface area contributed by atoms with Crippen molar-refractivity contribution in [2.75, 3.05) is 5.32 Å². The van der Waals surface area contributed by atoms with E-state index in [9.17, 15) is 9.59 Å². The summed E-state index contributed by atoms with van der Waals surface area (Å²) in [6.45, 7) is 0. The maximum absolute atomic E-state index is 11.8. The second-order valence-electron chi connectivity index (χ2n) is 3.71. The topological polar surface area (TPSA) is 84.2 Å². The summed E-state index contributed by atoms with van der Waals surface area (Å²) in [4.78, 5) is 22.6. The van der Waals surface area contributed by atoms with Crippen molar-refractivity contribution < 1.29 is 14.7 Å². The van der Waals surface area contributed by atoms with E-state index in [-0.39, 0.29) is 17.2 Å². The van der Waals surface area contributed by atoms with Gasteiger partial charge in [-0.05, 0) is 24.3 Å². The number of aromatic carboxylic acids is 1. The second-order valence-corrected chi connectivity index (χ2v) is 3.71. The van der Waals surface area contributed by atoms with E-state index in [1.54, 1.807) is 31.4 Å². The fourth-order valence-corrected chi connectivity index (χ4v) is 1.46. The van der Waals surface area contributed by atoms with Crippen molar-refractivity contribution in [2.45, 2.75) is 0 Å². The number of carbonyl (C=O) groups excluding carboxylic acids is 1. The Hall–Kier alpha value is -2.63. The van der Waals surface area contributed by atoms with E-state index in [1.807, 2.05) is 0 Å². The quantitative estimate of drug-likeness (QED) is 0.855. The predicted octanol–water partition coefficient (Wildman–Crippen LogP) is 1.37. The molecule has 0 atom stereocenters. The zero-order valence-electron chi connectivity index (χ0n) is 9.62. The van der Waals surface area contributed by atoms with Gasteiger partial charge >= 0.3 is 5.97 Å². The molecule has 0 radical (unpaired) electrons. The van der Waals surface area contributed by atoms with Crippen LogP contribution < -0.4 is 5.32 Å². The molecular formula is C12H11N3O3. The van der Waals surface area contributed by atoms with Gasteiger partial charge in [0.2, 0.25) is 0 Å². The van der Waals surface area contributed by atoms with Gasteiger partial charge < -0.3 is 10.4 Å². The van der Waals surface area contributed by atoms with Crippen molar-refractivity contribution >= 4 is 17.6 Å². The first kappa shape index (κ1) is 11.8. The fourth-order valence-electron chi connectivity index (χ4n) is 1.46. The molecule has 1 heterocycles. The van der Waals surface area contributed by atoms with Crippen LogP contribution in [0, 0.1) is 0 Å². The molecule has 0 unspecified atom stereocenters. The number of nitrogens with zero attached hydrogens (tertiary/aromatic N) is 2. The van der Waals surface area contributed by atoms with Crippen LogP contribution in [0.2, 0.25) is 0 Å². The molecule has 18 heavy (non-hydrogen) atoms. The van der Waals surface area contributed by atoms with Crippen LogP contribution in [0.4, 0.5) is 5.69 Å². The zero-order valence-corrected chi connectivity index (χ0v) is 9.62. The van der Waals surface area contributed by atoms with Crippen LogP contribution in [0.1, 0.15) is 20.8 Å². The predicted molar refractivity (Wildman–Crippen MR) is 64.6 cm³/mol. The van der Waals surface area contributed by atoms with E-state index in [4.69, 9.17) is 5.11 Å². The Morgan fingerprint density at radius 1 is 1.33 bits per heavy atom. The van der Waals surface area contributed by atoms with Gasteiger partial charge in [0.05, 0.1) is 5.56 Å². The van der Waals surface area contributed by atoms with Crippen molar-refractivity contribution in [1.29, 1.82) is 0 Å². The Kier molecular flexibility index (Phi) is 3.09. The van der Waals surface area contributed by atoms with Gasteiger partial charge in [0, 0.05) is 18.9 Å². The number of hydrogen-bond donors (Lipinski definition) is 2. The third-order valence-corrected chi connectivity index (χ3v) is 2.31. The Balaban J connectivity index is 2.16. The van der Waals surface area contributed by atoms with Gasteiger partial charge in [-0.2, -0.15) is 5.10 Å². The number of amides is 1. The van der Waals surface area contributed by atoms with Gasteiger partial charge in [-0.1, -0.05) is 6.07 Å². The summed E-state index contributed by atoms with van der Waals surface area (Å²) in [7, 11) is 1.71. The van der Waals surface area contributed by atoms with Crippen LogP contribution in [0.3, 0.4) is 0 Å². The molecule has 0 saturated carbocycles. The van der Waals surface area contributed by atoms with Crippen LogP contribution in [-0.4, -0.2) is 26.8 Å². The molecule has 6 heteroatoms. The largest absolute Gasteiger partial charge is 0.478 e. The van der Waals surface area contributed by atoms with E-state index in [0.29, 0.717) is 5.69 Å². The molecule has 1 aromatic carbocycles. The van der Waals surface area contributed by atoms with Gasteiger partial charge in [-0.3, -0.25) is 9.48 Å². The molecule has 1 amide bonds. The Morgan fingerprint density at radius 3 is 2.72 bits per heavy atom. The summed E-state index contributed by atoms with van der Waals surface area (Å²) >= 11 is 0. The molecule has 1 aromatic heterocycles. The second kappa shape index (κ2) is 4.70. The first-order valence-electron chi connectivity index (χ1n) is 5.20. The number of hydrogen-bond acceptors (Lipinski definition) is 3. The highest BCUT2D eigenvalue weighted by molar-refractivity contribution is 6.03. The van der Waals surface area contributed by atoms with Crippen LogP contribution >= 0.6 is 0 Å². The molecule has 0 aliphatic rings. The molecule has 0 aliphatic heterocycles. The number of carbonyl (C=O) groups is 2. The van der Waals surface area contributed by atoms with Gasteiger partial charge in [-0.25, -0.2) is 4.79 Å². The number of anilines is 1. The maximum atomic E-state index is 11.8. The van der Waals surface area contributed by atoms with Gasteiger partial charge in [-0.15, -0.1) is 0 Å². The van der Waals surface area contributed by atoms with Crippen molar-refractivity contribution in [3.63, 3.8) is 0 Å². The third kappa shape index (κ3) is 2.54. The minimum Gasteiger partial charge on any atom is -0.478 e. The minimum absolute atomic E-state index is 0.119.